The number of nitrogens with zero attached hydrogens (tertiary/aromatic N) is 6. The molecule has 11 heteroatoms. The average molecular weight is 627 g/mol. The number of benzene rings is 5. The van der Waals surface area contributed by atoms with E-state index in [0.29, 0.717) is 11.5 Å². The van der Waals surface area contributed by atoms with E-state index >= 15 is 0 Å². The highest BCUT2D eigenvalue weighted by atomic mass is 16.6. The van der Waals surface area contributed by atoms with Crippen molar-refractivity contribution in [3.8, 4) is 11.5 Å². The fraction of sp³-hybridized carbons (Fsp3) is 0.111. The second-order valence-corrected chi connectivity index (χ2v) is 11.2. The summed E-state index contributed by atoms with van der Waals surface area (Å²) in [6.07, 6.45) is 3.76. The van der Waals surface area contributed by atoms with Crippen LogP contribution in [0.2, 0.25) is 0 Å². The van der Waals surface area contributed by atoms with Crippen molar-refractivity contribution < 1.29 is 14.6 Å². The van der Waals surface area contributed by atoms with Gasteiger partial charge in [-0.2, -0.15) is 0 Å². The van der Waals surface area contributed by atoms with Crippen molar-refractivity contribution in [1.29, 1.82) is 0 Å². The van der Waals surface area contributed by atoms with Crippen molar-refractivity contribution in [3.05, 3.63) is 154 Å². The number of ether oxygens (including phenoxy) is 1. The number of fused-ring (bicyclic) bond motifs is 1. The van der Waals surface area contributed by atoms with Crippen LogP contribution in [-0.4, -0.2) is 22.2 Å². The van der Waals surface area contributed by atoms with Crippen molar-refractivity contribution in [2.75, 3.05) is 19.6 Å². The molecule has 7 rings (SSSR count). The third-order valence-corrected chi connectivity index (χ3v) is 8.49. The van der Waals surface area contributed by atoms with E-state index in [2.05, 4.69) is 45.6 Å². The molecule has 2 unspecified atom stereocenters. The van der Waals surface area contributed by atoms with E-state index < -0.39 is 9.85 Å². The average Bonchev–Trinajstić information content (AvgIpc) is 3.61. The summed E-state index contributed by atoms with van der Waals surface area (Å²) in [5.41, 5.74) is 5.73. The Labute approximate surface area is 271 Å². The Bertz CT molecular complexity index is 2000. The van der Waals surface area contributed by atoms with Gasteiger partial charge in [-0.1, -0.05) is 24.3 Å². The molecule has 5 aromatic carbocycles. The van der Waals surface area contributed by atoms with E-state index in [1.165, 1.54) is 24.3 Å². The van der Waals surface area contributed by atoms with Crippen LogP contribution in [0.4, 0.5) is 45.5 Å². The van der Waals surface area contributed by atoms with Gasteiger partial charge < -0.3 is 24.3 Å². The summed E-state index contributed by atoms with van der Waals surface area (Å²) in [5, 5.41) is 22.3. The minimum Gasteiger partial charge on any atom is -0.457 e. The molecular weight excluding hydrogens is 596 g/mol. The molecule has 11 nitrogen and oxygen atoms in total. The lowest BCUT2D eigenvalue weighted by atomic mass is 10.2. The van der Waals surface area contributed by atoms with Gasteiger partial charge in [0, 0.05) is 71.5 Å². The molecule has 0 aromatic heterocycles. The fourth-order valence-electron chi connectivity index (χ4n) is 6.25. The molecule has 2 atom stereocenters. The monoisotopic (exact) mass is 626 g/mol. The van der Waals surface area contributed by atoms with Crippen molar-refractivity contribution in [1.82, 2.24) is 0 Å². The number of anilines is 6. The van der Waals surface area contributed by atoms with Crippen LogP contribution in [0.15, 0.2) is 134 Å². The van der Waals surface area contributed by atoms with Gasteiger partial charge in [-0.05, 0) is 74.5 Å². The van der Waals surface area contributed by atoms with Gasteiger partial charge in [0.15, 0.2) is 0 Å². The Morgan fingerprint density at radius 2 is 1.00 bits per heavy atom. The van der Waals surface area contributed by atoms with Crippen LogP contribution in [0.3, 0.4) is 0 Å². The first-order valence-corrected chi connectivity index (χ1v) is 15.1. The topological polar surface area (TPSA) is 108 Å². The van der Waals surface area contributed by atoms with Crippen LogP contribution >= 0.6 is 0 Å². The SMILES string of the molecule is CC1N(c2ccc([N+](=O)[O-])cc2)C=CN1c1cccc(Oc2cccc(N3c4ccccc4N(c4ccc([N+](=O)[O-])cc4)C3C)c2)c1. The maximum absolute atomic E-state index is 11.2. The van der Waals surface area contributed by atoms with Gasteiger partial charge >= 0.3 is 0 Å². The first kappa shape index (κ1) is 29.4. The third kappa shape index (κ3) is 5.44. The Morgan fingerprint density at radius 3 is 1.55 bits per heavy atom. The fourth-order valence-corrected chi connectivity index (χ4v) is 6.25. The molecule has 0 bridgehead atoms. The van der Waals surface area contributed by atoms with Gasteiger partial charge in [0.2, 0.25) is 0 Å². The Kier molecular flexibility index (Phi) is 7.41. The van der Waals surface area contributed by atoms with E-state index in [9.17, 15) is 20.2 Å². The molecule has 0 amide bonds. The predicted molar refractivity (Wildman–Crippen MR) is 183 cm³/mol. The van der Waals surface area contributed by atoms with Gasteiger partial charge in [0.25, 0.3) is 11.4 Å². The maximum atomic E-state index is 11.2. The minimum atomic E-state index is -0.401. The van der Waals surface area contributed by atoms with Crippen LogP contribution < -0.4 is 24.3 Å². The van der Waals surface area contributed by atoms with Gasteiger partial charge in [-0.3, -0.25) is 20.2 Å². The normalized spacial score (nSPS) is 16.8. The van der Waals surface area contributed by atoms with E-state index in [-0.39, 0.29) is 23.7 Å². The molecular formula is C36H30N6O5. The lowest BCUT2D eigenvalue weighted by Gasteiger charge is -2.30. The Hall–Kier alpha value is -6.36. The molecule has 0 spiro atoms. The molecule has 2 aliphatic rings. The highest BCUT2D eigenvalue weighted by molar-refractivity contribution is 5.88. The van der Waals surface area contributed by atoms with Crippen LogP contribution in [-0.2, 0) is 0 Å². The van der Waals surface area contributed by atoms with Crippen molar-refractivity contribution in [3.63, 3.8) is 0 Å². The highest BCUT2D eigenvalue weighted by Gasteiger charge is 2.35. The molecule has 47 heavy (non-hydrogen) atoms. The summed E-state index contributed by atoms with van der Waals surface area (Å²) in [5.74, 6) is 1.35. The van der Waals surface area contributed by atoms with E-state index in [4.69, 9.17) is 4.74 Å². The Balaban J connectivity index is 1.11. The summed E-state index contributed by atoms with van der Waals surface area (Å²) >= 11 is 0. The van der Waals surface area contributed by atoms with E-state index in [1.54, 1.807) is 24.3 Å². The van der Waals surface area contributed by atoms with E-state index in [0.717, 1.165) is 34.1 Å². The Morgan fingerprint density at radius 1 is 0.532 bits per heavy atom. The molecule has 0 fully saturated rings. The zero-order valence-corrected chi connectivity index (χ0v) is 25.6. The molecule has 2 heterocycles. The molecule has 2 aliphatic heterocycles. The molecule has 0 aliphatic carbocycles. The van der Waals surface area contributed by atoms with Crippen LogP contribution in [0, 0.1) is 20.2 Å². The number of para-hydroxylation sites is 2. The van der Waals surface area contributed by atoms with Gasteiger partial charge in [-0.25, -0.2) is 0 Å². The van der Waals surface area contributed by atoms with Gasteiger partial charge in [0.1, 0.15) is 23.8 Å². The largest absolute Gasteiger partial charge is 0.457 e. The summed E-state index contributed by atoms with van der Waals surface area (Å²) in [6, 6.07) is 37.0. The number of hydrogen-bond acceptors (Lipinski definition) is 9. The number of rotatable bonds is 8. The number of hydrogen-bond donors (Lipinski definition) is 0. The first-order valence-electron chi connectivity index (χ1n) is 15.1. The number of nitro groups is 2. The zero-order chi connectivity index (χ0) is 32.7. The number of nitro benzene ring substituents is 2. The third-order valence-electron chi connectivity index (χ3n) is 8.49. The number of non-ortho nitro benzene ring substituents is 2. The summed E-state index contributed by atoms with van der Waals surface area (Å²) < 4.78 is 6.40. The molecule has 0 saturated carbocycles. The highest BCUT2D eigenvalue weighted by Crippen LogP contribution is 2.48. The van der Waals surface area contributed by atoms with Crippen LogP contribution in [0.1, 0.15) is 13.8 Å². The molecule has 234 valence electrons. The molecule has 5 aromatic rings. The molecule has 0 saturated heterocycles. The smallest absolute Gasteiger partial charge is 0.269 e. The van der Waals surface area contributed by atoms with Crippen LogP contribution in [0.25, 0.3) is 0 Å². The quantitative estimate of drug-likeness (QED) is 0.123. The van der Waals surface area contributed by atoms with E-state index in [1.807, 2.05) is 73.1 Å². The second kappa shape index (κ2) is 11.9. The van der Waals surface area contributed by atoms with Crippen LogP contribution in [0.5, 0.6) is 11.5 Å². The summed E-state index contributed by atoms with van der Waals surface area (Å²) in [7, 11) is 0. The lowest BCUT2D eigenvalue weighted by molar-refractivity contribution is -0.385. The summed E-state index contributed by atoms with van der Waals surface area (Å²) in [6.45, 7) is 4.16. The first-order chi connectivity index (χ1) is 22.8. The van der Waals surface area contributed by atoms with Gasteiger partial charge in [-0.15, -0.1) is 0 Å². The predicted octanol–water partition coefficient (Wildman–Crippen LogP) is 9.07. The van der Waals surface area contributed by atoms with Crippen molar-refractivity contribution in [2.45, 2.75) is 26.2 Å². The van der Waals surface area contributed by atoms with Crippen molar-refractivity contribution in [2.24, 2.45) is 0 Å². The van der Waals surface area contributed by atoms with Crippen molar-refractivity contribution >= 4 is 45.5 Å². The maximum Gasteiger partial charge on any atom is 0.269 e. The zero-order valence-electron chi connectivity index (χ0n) is 25.6. The standard InChI is InChI=1S/C36H30N6O5/c1-25-37(27-13-17-29(18-14-27)41(43)44)21-22-38(25)31-7-5-9-33(23-31)47-34-10-6-8-32(24-34)40-26(2)39(35-11-3-4-12-36(35)40)28-15-19-30(20-16-28)42(45)46/h3-26H,1-2H3. The summed E-state index contributed by atoms with van der Waals surface area (Å²) in [4.78, 5) is 30.1. The van der Waals surface area contributed by atoms with Gasteiger partial charge in [0.05, 0.1) is 21.2 Å². The molecule has 0 radical (unpaired) electrons. The lowest BCUT2D eigenvalue weighted by Crippen LogP contribution is -2.35. The minimum absolute atomic E-state index is 0.0525. The second-order valence-electron chi connectivity index (χ2n) is 11.2. The molecule has 0 N–H and O–H groups in total.